The number of nitrogens with zero attached hydrogens (tertiary/aromatic N) is 2. The molecule has 1 N–H and O–H groups in total. The highest BCUT2D eigenvalue weighted by Gasteiger charge is 2.24. The molecule has 2 rings (SSSR count). The van der Waals surface area contributed by atoms with Gasteiger partial charge >= 0.3 is 5.69 Å². The predicted molar refractivity (Wildman–Crippen MR) is 83.0 cm³/mol. The van der Waals surface area contributed by atoms with Crippen molar-refractivity contribution in [1.82, 2.24) is 4.90 Å². The number of para-hydroxylation sites is 1. The fraction of sp³-hybridized carbons (Fsp3) is 0.600. The minimum Gasteiger partial charge on any atom is -0.487 e. The van der Waals surface area contributed by atoms with Crippen molar-refractivity contribution in [3.05, 3.63) is 28.3 Å². The second kappa shape index (κ2) is 7.26. The van der Waals surface area contributed by atoms with Gasteiger partial charge in [-0.25, -0.2) is 0 Å². The number of benzene rings is 1. The summed E-state index contributed by atoms with van der Waals surface area (Å²) in [7, 11) is 2.09. The summed E-state index contributed by atoms with van der Waals surface area (Å²) in [5, 5.41) is 14.6. The van der Waals surface area contributed by atoms with Crippen LogP contribution in [0, 0.1) is 10.1 Å². The topological polar surface area (TPSA) is 67.6 Å². The number of nitro benzene ring substituents is 1. The number of ether oxygens (including phenoxy) is 1. The first kappa shape index (κ1) is 15.6. The Balaban J connectivity index is 2.12. The monoisotopic (exact) mass is 293 g/mol. The van der Waals surface area contributed by atoms with E-state index in [2.05, 4.69) is 17.3 Å². The molecule has 0 radical (unpaired) electrons. The normalized spacial score (nSPS) is 18.7. The van der Waals surface area contributed by atoms with E-state index in [0.717, 1.165) is 19.4 Å². The summed E-state index contributed by atoms with van der Waals surface area (Å²) in [6, 6.07) is 5.62. The molecule has 1 heterocycles. The Labute approximate surface area is 125 Å². The van der Waals surface area contributed by atoms with Crippen molar-refractivity contribution in [2.75, 3.05) is 32.1 Å². The fourth-order valence-electron chi connectivity index (χ4n) is 2.65. The third-order valence-corrected chi connectivity index (χ3v) is 3.84. The molecular formula is C15H23N3O3. The van der Waals surface area contributed by atoms with Crippen molar-refractivity contribution in [1.29, 1.82) is 0 Å². The third-order valence-electron chi connectivity index (χ3n) is 3.84. The molecule has 1 aromatic rings. The van der Waals surface area contributed by atoms with E-state index < -0.39 is 0 Å². The maximum absolute atomic E-state index is 11.3. The van der Waals surface area contributed by atoms with Crippen LogP contribution in [-0.2, 0) is 0 Å². The zero-order valence-corrected chi connectivity index (χ0v) is 12.7. The SMILES string of the molecule is CCCOc1cccc(NCC2CCCN2C)c1[N+](=O)[O-]. The lowest BCUT2D eigenvalue weighted by atomic mass is 10.2. The van der Waals surface area contributed by atoms with E-state index >= 15 is 0 Å². The van der Waals surface area contributed by atoms with Crippen LogP contribution in [0.3, 0.4) is 0 Å². The molecular weight excluding hydrogens is 270 g/mol. The Morgan fingerprint density at radius 3 is 2.95 bits per heavy atom. The number of nitro groups is 1. The van der Waals surface area contributed by atoms with Gasteiger partial charge in [0, 0.05) is 12.6 Å². The molecule has 0 aromatic heterocycles. The third kappa shape index (κ3) is 3.85. The van der Waals surface area contributed by atoms with Crippen LogP contribution in [0.5, 0.6) is 5.75 Å². The predicted octanol–water partition coefficient (Wildman–Crippen LogP) is 2.89. The van der Waals surface area contributed by atoms with Gasteiger partial charge in [-0.1, -0.05) is 13.0 Å². The molecule has 1 aromatic carbocycles. The molecule has 21 heavy (non-hydrogen) atoms. The van der Waals surface area contributed by atoms with Crippen molar-refractivity contribution in [2.24, 2.45) is 0 Å². The second-order valence-electron chi connectivity index (χ2n) is 5.42. The molecule has 0 bridgehead atoms. The van der Waals surface area contributed by atoms with Crippen molar-refractivity contribution in [3.8, 4) is 5.75 Å². The van der Waals surface area contributed by atoms with E-state index in [1.807, 2.05) is 6.92 Å². The van der Waals surface area contributed by atoms with Crippen molar-refractivity contribution >= 4 is 11.4 Å². The Morgan fingerprint density at radius 2 is 2.33 bits per heavy atom. The molecule has 1 unspecified atom stereocenters. The van der Waals surface area contributed by atoms with Crippen LogP contribution in [-0.4, -0.2) is 42.6 Å². The Hall–Kier alpha value is -1.82. The van der Waals surface area contributed by atoms with Crippen LogP contribution in [0.25, 0.3) is 0 Å². The van der Waals surface area contributed by atoms with Gasteiger partial charge in [-0.15, -0.1) is 0 Å². The summed E-state index contributed by atoms with van der Waals surface area (Å²) in [5.74, 6) is 0.339. The molecule has 116 valence electrons. The number of rotatable bonds is 7. The zero-order valence-electron chi connectivity index (χ0n) is 12.7. The van der Waals surface area contributed by atoms with E-state index in [-0.39, 0.29) is 10.6 Å². The zero-order chi connectivity index (χ0) is 15.2. The van der Waals surface area contributed by atoms with Gasteiger partial charge in [0.2, 0.25) is 0 Å². The van der Waals surface area contributed by atoms with Gasteiger partial charge in [0.15, 0.2) is 5.75 Å². The Morgan fingerprint density at radius 1 is 1.52 bits per heavy atom. The van der Waals surface area contributed by atoms with Gasteiger partial charge < -0.3 is 15.0 Å². The molecule has 0 aliphatic carbocycles. The van der Waals surface area contributed by atoms with Crippen molar-refractivity contribution in [3.63, 3.8) is 0 Å². The highest BCUT2D eigenvalue weighted by molar-refractivity contribution is 5.68. The Kier molecular flexibility index (Phi) is 5.38. The number of likely N-dealkylation sites (N-methyl/N-ethyl adjacent to an activating group) is 1. The van der Waals surface area contributed by atoms with Crippen LogP contribution in [0.15, 0.2) is 18.2 Å². The maximum atomic E-state index is 11.3. The van der Waals surface area contributed by atoms with E-state index in [1.165, 1.54) is 6.42 Å². The van der Waals surface area contributed by atoms with Crippen LogP contribution >= 0.6 is 0 Å². The molecule has 1 saturated heterocycles. The number of hydrogen-bond donors (Lipinski definition) is 1. The molecule has 6 heteroatoms. The van der Waals surface area contributed by atoms with Gasteiger partial charge in [0.1, 0.15) is 5.69 Å². The quantitative estimate of drug-likeness (QED) is 0.618. The molecule has 1 atom stereocenters. The first-order valence-corrected chi connectivity index (χ1v) is 7.47. The smallest absolute Gasteiger partial charge is 0.333 e. The molecule has 0 saturated carbocycles. The average Bonchev–Trinajstić information content (AvgIpc) is 2.87. The van der Waals surface area contributed by atoms with E-state index in [1.54, 1.807) is 18.2 Å². The number of anilines is 1. The largest absolute Gasteiger partial charge is 0.487 e. The van der Waals surface area contributed by atoms with E-state index in [4.69, 9.17) is 4.74 Å². The highest BCUT2D eigenvalue weighted by atomic mass is 16.6. The number of nitrogens with one attached hydrogen (secondary N) is 1. The molecule has 1 aliphatic rings. The summed E-state index contributed by atoms with van der Waals surface area (Å²) in [6.45, 7) is 4.27. The average molecular weight is 293 g/mol. The lowest BCUT2D eigenvalue weighted by molar-refractivity contribution is -0.385. The molecule has 1 aliphatic heterocycles. The molecule has 0 spiro atoms. The first-order chi connectivity index (χ1) is 10.1. The van der Waals surface area contributed by atoms with Gasteiger partial charge in [-0.05, 0) is 45.0 Å². The number of likely N-dealkylation sites (tertiary alicyclic amines) is 1. The number of hydrogen-bond acceptors (Lipinski definition) is 5. The van der Waals surface area contributed by atoms with Gasteiger partial charge in [0.25, 0.3) is 0 Å². The molecule has 6 nitrogen and oxygen atoms in total. The van der Waals surface area contributed by atoms with Gasteiger partial charge in [-0.2, -0.15) is 0 Å². The minimum atomic E-state index is -0.369. The van der Waals surface area contributed by atoms with E-state index in [0.29, 0.717) is 30.6 Å². The van der Waals surface area contributed by atoms with Crippen LogP contribution in [0.4, 0.5) is 11.4 Å². The summed E-state index contributed by atoms with van der Waals surface area (Å²) in [6.07, 6.45) is 3.13. The maximum Gasteiger partial charge on any atom is 0.333 e. The second-order valence-corrected chi connectivity index (χ2v) is 5.42. The van der Waals surface area contributed by atoms with E-state index in [9.17, 15) is 10.1 Å². The summed E-state index contributed by atoms with van der Waals surface area (Å²) < 4.78 is 5.49. The molecule has 1 fully saturated rings. The summed E-state index contributed by atoms with van der Waals surface area (Å²) in [5.41, 5.74) is 0.570. The van der Waals surface area contributed by atoms with Crippen LogP contribution in [0.2, 0.25) is 0 Å². The lowest BCUT2D eigenvalue weighted by Gasteiger charge is -2.20. The highest BCUT2D eigenvalue weighted by Crippen LogP contribution is 2.35. The Bertz CT molecular complexity index is 493. The van der Waals surface area contributed by atoms with Crippen molar-refractivity contribution < 1.29 is 9.66 Å². The van der Waals surface area contributed by atoms with Crippen LogP contribution < -0.4 is 10.1 Å². The summed E-state index contributed by atoms with van der Waals surface area (Å²) in [4.78, 5) is 13.3. The van der Waals surface area contributed by atoms with Crippen molar-refractivity contribution in [2.45, 2.75) is 32.2 Å². The first-order valence-electron chi connectivity index (χ1n) is 7.47. The standard InChI is InChI=1S/C15H23N3O3/c1-3-10-21-14-8-4-7-13(15(14)18(19)20)16-11-12-6-5-9-17(12)2/h4,7-8,12,16H,3,5-6,9-11H2,1-2H3. The fourth-order valence-corrected chi connectivity index (χ4v) is 2.65. The lowest BCUT2D eigenvalue weighted by Crippen LogP contribution is -2.31. The minimum absolute atomic E-state index is 0.0339. The van der Waals surface area contributed by atoms with Gasteiger partial charge in [0.05, 0.1) is 11.5 Å². The van der Waals surface area contributed by atoms with Gasteiger partial charge in [-0.3, -0.25) is 10.1 Å². The van der Waals surface area contributed by atoms with Crippen LogP contribution in [0.1, 0.15) is 26.2 Å². The summed E-state index contributed by atoms with van der Waals surface area (Å²) >= 11 is 0. The molecule has 0 amide bonds.